The highest BCUT2D eigenvalue weighted by atomic mass is 35.5. The van der Waals surface area contributed by atoms with Crippen LogP contribution in [0.2, 0.25) is 0 Å². The molecule has 1 unspecified atom stereocenters. The molecule has 0 aromatic heterocycles. The van der Waals surface area contributed by atoms with E-state index in [1.54, 1.807) is 0 Å². The number of nitrogens with zero attached hydrogens (tertiary/aromatic N) is 1. The summed E-state index contributed by atoms with van der Waals surface area (Å²) in [5.41, 5.74) is 0.946. The third kappa shape index (κ3) is 3.84. The topological polar surface area (TPSA) is 33.0 Å². The second kappa shape index (κ2) is 7.12. The average molecular weight is 372 g/mol. The first-order valence-electron chi connectivity index (χ1n) is 8.19. The largest absolute Gasteiger partial charge is 0.457 e. The molecule has 0 spiro atoms. The molecule has 3 rings (SSSR count). The molecule has 2 aromatic rings. The molecule has 0 radical (unpaired) electrons. The van der Waals surface area contributed by atoms with E-state index in [1.165, 1.54) is 0 Å². The minimum absolute atomic E-state index is 0.00822. The van der Waals surface area contributed by atoms with Gasteiger partial charge in [-0.25, -0.2) is 0 Å². The van der Waals surface area contributed by atoms with E-state index in [0.717, 1.165) is 17.1 Å². The van der Waals surface area contributed by atoms with Crippen molar-refractivity contribution in [1.29, 1.82) is 5.26 Å². The zero-order valence-corrected chi connectivity index (χ0v) is 15.6. The summed E-state index contributed by atoms with van der Waals surface area (Å²) in [6.45, 7) is 4.29. The van der Waals surface area contributed by atoms with Crippen LogP contribution in [-0.4, -0.2) is 0 Å². The van der Waals surface area contributed by atoms with Crippen LogP contribution in [0.5, 0.6) is 11.5 Å². The Labute approximate surface area is 158 Å². The van der Waals surface area contributed by atoms with Gasteiger partial charge in [0, 0.05) is 0 Å². The fraction of sp³-hybridized carbons (Fsp3) is 0.286. The summed E-state index contributed by atoms with van der Waals surface area (Å²) in [6, 6.07) is 19.8. The van der Waals surface area contributed by atoms with Gasteiger partial charge in [-0.15, -0.1) is 0 Å². The van der Waals surface area contributed by atoms with Crippen LogP contribution in [-0.2, 0) is 0 Å². The standard InChI is InChI=1S/C21H19Cl2NO/c1-21(2)18(12-19(22)23)20(21)17(13-24)14-7-6-10-16(11-14)25-15-8-4-3-5-9-15/h3-12,17-18,20H,1-2H3/t17?,18-,20+/m0/s1. The van der Waals surface area contributed by atoms with Crippen LogP contribution in [0.25, 0.3) is 0 Å². The summed E-state index contributed by atoms with van der Waals surface area (Å²) < 4.78 is 6.16. The molecule has 0 heterocycles. The maximum absolute atomic E-state index is 9.78. The molecule has 0 saturated heterocycles. The Balaban J connectivity index is 1.84. The smallest absolute Gasteiger partial charge is 0.127 e. The number of hydrogen-bond donors (Lipinski definition) is 0. The van der Waals surface area contributed by atoms with Crippen LogP contribution < -0.4 is 4.74 Å². The second-order valence-corrected chi connectivity index (χ2v) is 7.93. The highest BCUT2D eigenvalue weighted by Crippen LogP contribution is 2.65. The molecule has 0 N–H and O–H groups in total. The third-order valence-corrected chi connectivity index (χ3v) is 5.25. The van der Waals surface area contributed by atoms with Gasteiger partial charge in [0.2, 0.25) is 0 Å². The van der Waals surface area contributed by atoms with Crippen LogP contribution in [0.1, 0.15) is 25.3 Å². The number of halogens is 2. The highest BCUT2D eigenvalue weighted by Gasteiger charge is 2.60. The van der Waals surface area contributed by atoms with E-state index in [-0.39, 0.29) is 27.7 Å². The number of hydrogen-bond acceptors (Lipinski definition) is 2. The van der Waals surface area contributed by atoms with E-state index in [4.69, 9.17) is 27.9 Å². The molecule has 1 fully saturated rings. The Morgan fingerprint density at radius 2 is 1.80 bits per heavy atom. The fourth-order valence-electron chi connectivity index (χ4n) is 3.57. The minimum atomic E-state index is -0.233. The number of allylic oxidation sites excluding steroid dienone is 1. The maximum atomic E-state index is 9.78. The van der Waals surface area contributed by atoms with Gasteiger partial charge in [-0.1, -0.05) is 73.5 Å². The van der Waals surface area contributed by atoms with Crippen molar-refractivity contribution < 1.29 is 4.74 Å². The number of para-hydroxylation sites is 1. The molecule has 1 aliphatic rings. The summed E-state index contributed by atoms with van der Waals surface area (Å²) in [5.74, 6) is 1.64. The van der Waals surface area contributed by atoms with Crippen molar-refractivity contribution >= 4 is 23.2 Å². The first kappa shape index (κ1) is 17.9. The Morgan fingerprint density at radius 1 is 1.12 bits per heavy atom. The van der Waals surface area contributed by atoms with Gasteiger partial charge in [0.25, 0.3) is 0 Å². The predicted molar refractivity (Wildman–Crippen MR) is 102 cm³/mol. The van der Waals surface area contributed by atoms with E-state index in [9.17, 15) is 5.26 Å². The van der Waals surface area contributed by atoms with Crippen molar-refractivity contribution in [3.8, 4) is 17.6 Å². The summed E-state index contributed by atoms with van der Waals surface area (Å²) in [4.78, 5) is 0. The quantitative estimate of drug-likeness (QED) is 0.587. The van der Waals surface area contributed by atoms with Gasteiger partial charge in [-0.05, 0) is 47.1 Å². The van der Waals surface area contributed by atoms with Gasteiger partial charge < -0.3 is 4.74 Å². The average Bonchev–Trinajstić information content (AvgIpc) is 3.09. The van der Waals surface area contributed by atoms with Crippen molar-refractivity contribution in [2.75, 3.05) is 0 Å². The molecule has 2 nitrogen and oxygen atoms in total. The van der Waals surface area contributed by atoms with E-state index >= 15 is 0 Å². The lowest BCUT2D eigenvalue weighted by molar-refractivity contribution is 0.479. The Kier molecular flexibility index (Phi) is 5.08. The van der Waals surface area contributed by atoms with Crippen LogP contribution in [0.3, 0.4) is 0 Å². The van der Waals surface area contributed by atoms with Crippen LogP contribution in [0, 0.1) is 28.6 Å². The Hall–Kier alpha value is -1.95. The van der Waals surface area contributed by atoms with E-state index in [2.05, 4.69) is 19.9 Å². The van der Waals surface area contributed by atoms with Crippen molar-refractivity contribution in [1.82, 2.24) is 0 Å². The number of ether oxygens (including phenoxy) is 1. The van der Waals surface area contributed by atoms with Crippen LogP contribution in [0.4, 0.5) is 0 Å². The first-order valence-corrected chi connectivity index (χ1v) is 8.94. The molecule has 128 valence electrons. The Bertz CT molecular complexity index is 819. The van der Waals surface area contributed by atoms with Crippen LogP contribution in [0.15, 0.2) is 65.2 Å². The summed E-state index contributed by atoms with van der Waals surface area (Å²) in [5, 5.41) is 9.78. The van der Waals surface area contributed by atoms with Crippen LogP contribution >= 0.6 is 23.2 Å². The molecule has 4 heteroatoms. The fourth-order valence-corrected chi connectivity index (χ4v) is 3.84. The summed E-state index contributed by atoms with van der Waals surface area (Å²) in [7, 11) is 0. The summed E-state index contributed by atoms with van der Waals surface area (Å²) >= 11 is 11.7. The second-order valence-electron chi connectivity index (χ2n) is 6.92. The Morgan fingerprint density at radius 3 is 2.44 bits per heavy atom. The molecule has 1 aliphatic carbocycles. The molecule has 3 atom stereocenters. The lowest BCUT2D eigenvalue weighted by atomic mass is 9.91. The molecule has 0 amide bonds. The molecule has 2 aromatic carbocycles. The molecular weight excluding hydrogens is 353 g/mol. The number of benzene rings is 2. The van der Waals surface area contributed by atoms with Gasteiger partial charge in [0.1, 0.15) is 16.0 Å². The van der Waals surface area contributed by atoms with Gasteiger partial charge in [-0.2, -0.15) is 5.26 Å². The van der Waals surface area contributed by atoms with Gasteiger partial charge in [0.15, 0.2) is 0 Å². The normalized spacial score (nSPS) is 21.7. The third-order valence-electron chi connectivity index (χ3n) is 5.00. The minimum Gasteiger partial charge on any atom is -0.457 e. The van der Waals surface area contributed by atoms with Gasteiger partial charge >= 0.3 is 0 Å². The molecule has 1 saturated carbocycles. The lowest BCUT2D eigenvalue weighted by Gasteiger charge is -2.13. The van der Waals surface area contributed by atoms with E-state index in [1.807, 2.05) is 60.7 Å². The zero-order valence-electron chi connectivity index (χ0n) is 14.1. The van der Waals surface area contributed by atoms with E-state index in [0.29, 0.717) is 0 Å². The highest BCUT2D eigenvalue weighted by molar-refractivity contribution is 6.55. The predicted octanol–water partition coefficient (Wildman–Crippen LogP) is 6.68. The molecular formula is C21H19Cl2NO. The molecule has 25 heavy (non-hydrogen) atoms. The van der Waals surface area contributed by atoms with Gasteiger partial charge in [-0.3, -0.25) is 0 Å². The zero-order chi connectivity index (χ0) is 18.0. The first-order chi connectivity index (χ1) is 11.9. The van der Waals surface area contributed by atoms with Crippen molar-refractivity contribution in [3.63, 3.8) is 0 Å². The monoisotopic (exact) mass is 371 g/mol. The maximum Gasteiger partial charge on any atom is 0.127 e. The number of rotatable bonds is 5. The van der Waals surface area contributed by atoms with Crippen molar-refractivity contribution in [2.24, 2.45) is 17.3 Å². The molecule has 0 aliphatic heterocycles. The number of nitriles is 1. The van der Waals surface area contributed by atoms with Gasteiger partial charge in [0.05, 0.1) is 12.0 Å². The lowest BCUT2D eigenvalue weighted by Crippen LogP contribution is -2.03. The SMILES string of the molecule is CC1(C)[C@H](C(C#N)c2cccc(Oc3ccccc3)c2)[C@@H]1C=C(Cl)Cl. The summed E-state index contributed by atoms with van der Waals surface area (Å²) in [6.07, 6.45) is 1.85. The van der Waals surface area contributed by atoms with E-state index < -0.39 is 0 Å². The van der Waals surface area contributed by atoms with Crippen molar-refractivity contribution in [2.45, 2.75) is 19.8 Å². The molecule has 0 bridgehead atoms. The van der Waals surface area contributed by atoms with Crippen molar-refractivity contribution in [3.05, 3.63) is 70.7 Å².